The molecule has 1 amide bonds. The highest BCUT2D eigenvalue weighted by molar-refractivity contribution is 7.80. The first-order chi connectivity index (χ1) is 8.99. The van der Waals surface area contributed by atoms with Crippen molar-refractivity contribution in [2.24, 2.45) is 15.9 Å². The molecule has 6 nitrogen and oxygen atoms in total. The molecule has 0 atom stereocenters. The fourth-order valence-corrected chi connectivity index (χ4v) is 1.54. The highest BCUT2D eigenvalue weighted by Crippen LogP contribution is 2.10. The van der Waals surface area contributed by atoms with Crippen LogP contribution in [0.25, 0.3) is 0 Å². The standard InChI is InChI=1S/C11H10FN5OS/c1-6-9(10(18)17(16-6)11(13)19)15-14-8-4-2-7(12)3-5-8/h2-5,14H,1H3,(H2,13,19). The van der Waals surface area contributed by atoms with E-state index in [-0.39, 0.29) is 16.6 Å². The number of anilines is 1. The lowest BCUT2D eigenvalue weighted by atomic mass is 10.2. The summed E-state index contributed by atoms with van der Waals surface area (Å²) < 4.78 is 12.7. The zero-order chi connectivity index (χ0) is 14.0. The molecule has 1 aliphatic heterocycles. The number of rotatable bonds is 2. The van der Waals surface area contributed by atoms with Gasteiger partial charge in [-0.2, -0.15) is 15.2 Å². The van der Waals surface area contributed by atoms with Crippen LogP contribution in [0.2, 0.25) is 0 Å². The number of nitrogens with two attached hydrogens (primary N) is 1. The Kier molecular flexibility index (Phi) is 3.52. The van der Waals surface area contributed by atoms with Gasteiger partial charge in [0, 0.05) is 0 Å². The number of amides is 1. The van der Waals surface area contributed by atoms with Crippen LogP contribution in [0, 0.1) is 5.82 Å². The Balaban J connectivity index is 2.16. The molecule has 0 bridgehead atoms. The molecule has 0 unspecified atom stereocenters. The van der Waals surface area contributed by atoms with Gasteiger partial charge in [0.05, 0.1) is 11.4 Å². The minimum atomic E-state index is -0.500. The van der Waals surface area contributed by atoms with Crippen LogP contribution in [0.4, 0.5) is 10.1 Å². The van der Waals surface area contributed by atoms with Crippen molar-refractivity contribution < 1.29 is 9.18 Å². The highest BCUT2D eigenvalue weighted by Gasteiger charge is 2.31. The molecule has 1 heterocycles. The van der Waals surface area contributed by atoms with Gasteiger partial charge in [-0.05, 0) is 43.4 Å². The SMILES string of the molecule is CC1=NN(C(N)=S)C(=O)C1=NNc1ccc(F)cc1. The second-order valence-electron chi connectivity index (χ2n) is 3.72. The third-order valence-electron chi connectivity index (χ3n) is 2.34. The average Bonchev–Trinajstić information content (AvgIpc) is 2.65. The quantitative estimate of drug-likeness (QED) is 0.626. The number of hydrogen-bond acceptors (Lipinski definition) is 5. The fourth-order valence-electron chi connectivity index (χ4n) is 1.42. The van der Waals surface area contributed by atoms with Crippen LogP contribution >= 0.6 is 12.2 Å². The molecule has 19 heavy (non-hydrogen) atoms. The molecule has 0 saturated heterocycles. The Bertz CT molecular complexity index is 596. The minimum absolute atomic E-state index is 0.108. The van der Waals surface area contributed by atoms with E-state index in [1.54, 1.807) is 6.92 Å². The Hall–Kier alpha value is -2.35. The lowest BCUT2D eigenvalue weighted by molar-refractivity contribution is -0.119. The monoisotopic (exact) mass is 279 g/mol. The van der Waals surface area contributed by atoms with E-state index in [4.69, 9.17) is 5.73 Å². The van der Waals surface area contributed by atoms with Gasteiger partial charge in [-0.25, -0.2) is 4.39 Å². The second kappa shape index (κ2) is 5.11. The van der Waals surface area contributed by atoms with Gasteiger partial charge >= 0.3 is 5.91 Å². The zero-order valence-corrected chi connectivity index (χ0v) is 10.7. The topological polar surface area (TPSA) is 83.1 Å². The van der Waals surface area contributed by atoms with Crippen molar-refractivity contribution in [2.45, 2.75) is 6.92 Å². The maximum Gasteiger partial charge on any atom is 0.303 e. The summed E-state index contributed by atoms with van der Waals surface area (Å²) in [6.07, 6.45) is 0. The van der Waals surface area contributed by atoms with Gasteiger partial charge in [-0.1, -0.05) is 0 Å². The molecule has 0 aromatic heterocycles. The molecule has 98 valence electrons. The predicted octanol–water partition coefficient (Wildman–Crippen LogP) is 1.06. The lowest BCUT2D eigenvalue weighted by Crippen LogP contribution is -2.36. The second-order valence-corrected chi connectivity index (χ2v) is 4.14. The summed E-state index contributed by atoms with van der Waals surface area (Å²) in [6.45, 7) is 1.61. The minimum Gasteiger partial charge on any atom is -0.374 e. The average molecular weight is 279 g/mol. The van der Waals surface area contributed by atoms with Crippen molar-refractivity contribution in [3.63, 3.8) is 0 Å². The molecule has 0 radical (unpaired) electrons. The number of hydrogen-bond donors (Lipinski definition) is 2. The number of halogens is 1. The van der Waals surface area contributed by atoms with Crippen LogP contribution in [0.1, 0.15) is 6.92 Å². The Labute approximate surface area is 113 Å². The summed E-state index contributed by atoms with van der Waals surface area (Å²) in [4.78, 5) is 11.8. The van der Waals surface area contributed by atoms with Gasteiger partial charge < -0.3 is 5.73 Å². The van der Waals surface area contributed by atoms with E-state index in [0.29, 0.717) is 11.4 Å². The zero-order valence-electron chi connectivity index (χ0n) is 9.92. The van der Waals surface area contributed by atoms with Gasteiger partial charge in [-0.3, -0.25) is 10.2 Å². The largest absolute Gasteiger partial charge is 0.374 e. The Morgan fingerprint density at radius 2 is 2.11 bits per heavy atom. The molecule has 3 N–H and O–H groups in total. The summed E-state index contributed by atoms with van der Waals surface area (Å²) >= 11 is 4.69. The molecular weight excluding hydrogens is 269 g/mol. The Morgan fingerprint density at radius 3 is 2.63 bits per heavy atom. The number of carbonyl (C=O) groups is 1. The maximum absolute atomic E-state index is 12.7. The van der Waals surface area contributed by atoms with Crippen molar-refractivity contribution >= 4 is 40.3 Å². The van der Waals surface area contributed by atoms with Crippen molar-refractivity contribution in [1.29, 1.82) is 0 Å². The first kappa shape index (κ1) is 13.1. The summed E-state index contributed by atoms with van der Waals surface area (Å²) in [5, 5.41) is 8.56. The smallest absolute Gasteiger partial charge is 0.303 e. The molecule has 2 rings (SSSR count). The van der Waals surface area contributed by atoms with E-state index in [9.17, 15) is 9.18 Å². The third-order valence-corrected chi connectivity index (χ3v) is 2.51. The van der Waals surface area contributed by atoms with Crippen LogP contribution < -0.4 is 11.2 Å². The highest BCUT2D eigenvalue weighted by atomic mass is 32.1. The summed E-state index contributed by atoms with van der Waals surface area (Å²) in [6, 6.07) is 5.55. The van der Waals surface area contributed by atoms with Crippen molar-refractivity contribution in [3.05, 3.63) is 30.1 Å². The summed E-state index contributed by atoms with van der Waals surface area (Å²) in [5.74, 6) is -0.854. The van der Waals surface area contributed by atoms with E-state index in [1.807, 2.05) is 0 Å². The third kappa shape index (κ3) is 2.74. The van der Waals surface area contributed by atoms with E-state index >= 15 is 0 Å². The van der Waals surface area contributed by atoms with Crippen molar-refractivity contribution in [2.75, 3.05) is 5.43 Å². The molecule has 0 aliphatic carbocycles. The van der Waals surface area contributed by atoms with E-state index < -0.39 is 5.91 Å². The van der Waals surface area contributed by atoms with Crippen molar-refractivity contribution in [3.8, 4) is 0 Å². The number of benzene rings is 1. The summed E-state index contributed by atoms with van der Waals surface area (Å²) in [7, 11) is 0. The van der Waals surface area contributed by atoms with Crippen LogP contribution in [0.5, 0.6) is 0 Å². The summed E-state index contributed by atoms with van der Waals surface area (Å²) in [5.41, 5.74) is 9.04. The fraction of sp³-hybridized carbons (Fsp3) is 0.0909. The molecule has 1 aliphatic rings. The lowest BCUT2D eigenvalue weighted by Gasteiger charge is -2.07. The Morgan fingerprint density at radius 1 is 1.47 bits per heavy atom. The number of carbonyl (C=O) groups excluding carboxylic acids is 1. The van der Waals surface area contributed by atoms with Gasteiger partial charge in [0.15, 0.2) is 10.8 Å². The molecule has 8 heteroatoms. The number of nitrogens with zero attached hydrogens (tertiary/aromatic N) is 3. The van der Waals surface area contributed by atoms with Gasteiger partial charge in [0.2, 0.25) is 0 Å². The van der Waals surface area contributed by atoms with E-state index in [0.717, 1.165) is 5.01 Å². The van der Waals surface area contributed by atoms with Crippen molar-refractivity contribution in [1.82, 2.24) is 5.01 Å². The molecule has 0 spiro atoms. The first-order valence-corrected chi connectivity index (χ1v) is 5.68. The number of thiocarbonyl (C=S) groups is 1. The van der Waals surface area contributed by atoms with Crippen LogP contribution in [0.15, 0.2) is 34.5 Å². The van der Waals surface area contributed by atoms with Crippen LogP contribution in [-0.2, 0) is 4.79 Å². The normalized spacial score (nSPS) is 16.7. The van der Waals surface area contributed by atoms with E-state index in [1.165, 1.54) is 24.3 Å². The molecule has 1 aromatic carbocycles. The molecular formula is C11H10FN5OS. The first-order valence-electron chi connectivity index (χ1n) is 5.28. The van der Waals surface area contributed by atoms with E-state index in [2.05, 4.69) is 27.8 Å². The van der Waals surface area contributed by atoms with Crippen LogP contribution in [0.3, 0.4) is 0 Å². The van der Waals surface area contributed by atoms with Gasteiger partial charge in [-0.15, -0.1) is 0 Å². The number of nitrogens with one attached hydrogen (secondary N) is 1. The number of hydrazone groups is 2. The molecule has 1 aromatic rings. The molecule has 0 saturated carbocycles. The predicted molar refractivity (Wildman–Crippen MR) is 74.2 cm³/mol. The van der Waals surface area contributed by atoms with Crippen LogP contribution in [-0.4, -0.2) is 27.5 Å². The molecule has 0 fully saturated rings. The maximum atomic E-state index is 12.7. The van der Waals surface area contributed by atoms with Gasteiger partial charge in [0.25, 0.3) is 0 Å². The van der Waals surface area contributed by atoms with Gasteiger partial charge in [0.1, 0.15) is 5.82 Å².